The van der Waals surface area contributed by atoms with E-state index >= 15 is 0 Å². The van der Waals surface area contributed by atoms with Gasteiger partial charge in [0.15, 0.2) is 0 Å². The fourth-order valence-electron chi connectivity index (χ4n) is 5.50. The van der Waals surface area contributed by atoms with Crippen LogP contribution in [-0.2, 0) is 11.8 Å². The number of aromatic nitrogens is 5. The van der Waals surface area contributed by atoms with E-state index < -0.39 is 6.61 Å². The maximum Gasteiger partial charge on any atom is 0.387 e. The topological polar surface area (TPSA) is 104 Å². The average molecular weight is 540 g/mol. The monoisotopic (exact) mass is 539 g/mol. The number of pyridine rings is 1. The average Bonchev–Trinajstić information content (AvgIpc) is 3.58. The van der Waals surface area contributed by atoms with Crippen LogP contribution < -0.4 is 9.64 Å². The standard InChI is InChI=1S/C30H27F2N7O/c1-18-26(19-4-3-5-23(12-19)40-29(31)32)38-28(37-18)30(2)8-10-39(11-9-30)27-24-13-21(14-25(24)35-17-36-27)20-6-7-22(15-33)34-16-20/h3-7,12-13,16-17,29H,8-11,14H2,1-2H3,(H,37,38). The summed E-state index contributed by atoms with van der Waals surface area (Å²) in [5.74, 6) is 1.93. The third-order valence-electron chi connectivity index (χ3n) is 7.83. The summed E-state index contributed by atoms with van der Waals surface area (Å²) < 4.78 is 30.0. The number of nitrogens with one attached hydrogen (secondary N) is 1. The molecule has 1 saturated heterocycles. The fraction of sp³-hybridized carbons (Fsp3) is 0.300. The Hall–Kier alpha value is -4.65. The Bertz CT molecular complexity index is 1630. The largest absolute Gasteiger partial charge is 0.435 e. The number of ether oxygens (including phenoxy) is 1. The van der Waals surface area contributed by atoms with Gasteiger partial charge in [0.05, 0.1) is 11.4 Å². The molecule has 0 amide bonds. The number of alkyl halides is 2. The van der Waals surface area contributed by atoms with E-state index in [-0.39, 0.29) is 11.2 Å². The summed E-state index contributed by atoms with van der Waals surface area (Å²) in [7, 11) is 0. The Kier molecular flexibility index (Phi) is 6.50. The number of rotatable bonds is 6. The molecule has 4 heterocycles. The number of allylic oxidation sites excluding steroid dienone is 1. The number of imidazole rings is 1. The molecular weight excluding hydrogens is 512 g/mol. The van der Waals surface area contributed by atoms with Gasteiger partial charge in [0, 0.05) is 47.9 Å². The highest BCUT2D eigenvalue weighted by Crippen LogP contribution is 2.40. The minimum Gasteiger partial charge on any atom is -0.435 e. The van der Waals surface area contributed by atoms with Gasteiger partial charge in [0.2, 0.25) is 0 Å². The Labute approximate surface area is 230 Å². The summed E-state index contributed by atoms with van der Waals surface area (Å²) in [6.45, 7) is 2.88. The van der Waals surface area contributed by atoms with Gasteiger partial charge in [-0.25, -0.2) is 19.9 Å². The lowest BCUT2D eigenvalue weighted by Gasteiger charge is -2.39. The van der Waals surface area contributed by atoms with Gasteiger partial charge in [0.1, 0.15) is 35.5 Å². The summed E-state index contributed by atoms with van der Waals surface area (Å²) >= 11 is 0. The summed E-state index contributed by atoms with van der Waals surface area (Å²) in [6.07, 6.45) is 7.92. The minimum atomic E-state index is -2.87. The second-order valence-electron chi connectivity index (χ2n) is 10.5. The van der Waals surface area contributed by atoms with Crippen molar-refractivity contribution in [1.29, 1.82) is 5.26 Å². The van der Waals surface area contributed by atoms with Gasteiger partial charge in [-0.05, 0) is 55.2 Å². The first-order chi connectivity index (χ1) is 19.3. The Morgan fingerprint density at radius 2 is 1.93 bits per heavy atom. The number of piperidine rings is 1. The molecule has 1 N–H and O–H groups in total. The molecule has 1 aromatic carbocycles. The first-order valence-electron chi connectivity index (χ1n) is 13.1. The van der Waals surface area contributed by atoms with Gasteiger partial charge in [0.25, 0.3) is 0 Å². The number of H-pyrrole nitrogens is 1. The van der Waals surface area contributed by atoms with Crippen molar-refractivity contribution in [2.45, 2.75) is 45.1 Å². The van der Waals surface area contributed by atoms with Gasteiger partial charge in [-0.1, -0.05) is 25.1 Å². The molecule has 0 spiro atoms. The second kappa shape index (κ2) is 10.2. The number of fused-ring (bicyclic) bond motifs is 1. The number of nitrogens with zero attached hydrogens (tertiary/aromatic N) is 6. The molecule has 0 saturated carbocycles. The number of benzene rings is 1. The van der Waals surface area contributed by atoms with Gasteiger partial charge in [-0.3, -0.25) is 0 Å². The minimum absolute atomic E-state index is 0.112. The maximum atomic E-state index is 12.7. The Morgan fingerprint density at radius 3 is 2.65 bits per heavy atom. The molecule has 1 aliphatic heterocycles. The van der Waals surface area contributed by atoms with E-state index in [2.05, 4.69) is 48.6 Å². The highest BCUT2D eigenvalue weighted by atomic mass is 19.3. The van der Waals surface area contributed by atoms with Crippen LogP contribution in [0.2, 0.25) is 0 Å². The molecule has 202 valence electrons. The van der Waals surface area contributed by atoms with Crippen molar-refractivity contribution >= 4 is 17.5 Å². The number of anilines is 1. The van der Waals surface area contributed by atoms with Crippen molar-refractivity contribution in [3.63, 3.8) is 0 Å². The van der Waals surface area contributed by atoms with Gasteiger partial charge in [-0.15, -0.1) is 0 Å². The predicted octanol–water partition coefficient (Wildman–Crippen LogP) is 5.70. The smallest absolute Gasteiger partial charge is 0.387 e. The van der Waals surface area contributed by atoms with Crippen molar-refractivity contribution in [3.05, 3.63) is 83.0 Å². The van der Waals surface area contributed by atoms with Crippen LogP contribution in [0.4, 0.5) is 14.6 Å². The SMILES string of the molecule is Cc1[nH]c(C2(C)CCN(c3ncnc4c3C=C(c3ccc(C#N)nc3)C4)CC2)nc1-c1cccc(OC(F)F)c1. The molecule has 0 radical (unpaired) electrons. The normalized spacial score (nSPS) is 16.0. The molecule has 4 aromatic rings. The molecular formula is C30H27F2N7O. The van der Waals surface area contributed by atoms with E-state index in [1.54, 1.807) is 30.7 Å². The summed E-state index contributed by atoms with van der Waals surface area (Å²) in [4.78, 5) is 24.1. The van der Waals surface area contributed by atoms with Gasteiger partial charge >= 0.3 is 6.61 Å². The van der Waals surface area contributed by atoms with Crippen LogP contribution in [0, 0.1) is 18.3 Å². The molecule has 6 rings (SSSR count). The number of aryl methyl sites for hydroxylation is 1. The highest BCUT2D eigenvalue weighted by Gasteiger charge is 2.36. The number of aromatic amines is 1. The number of hydrogen-bond acceptors (Lipinski definition) is 7. The van der Waals surface area contributed by atoms with Crippen LogP contribution in [0.15, 0.2) is 48.9 Å². The molecule has 8 nitrogen and oxygen atoms in total. The van der Waals surface area contributed by atoms with Crippen molar-refractivity contribution in [2.75, 3.05) is 18.0 Å². The van der Waals surface area contributed by atoms with E-state index in [4.69, 9.17) is 10.2 Å². The third kappa shape index (κ3) is 4.79. The predicted molar refractivity (Wildman–Crippen MR) is 147 cm³/mol. The first-order valence-corrected chi connectivity index (χ1v) is 13.1. The van der Waals surface area contributed by atoms with E-state index in [0.717, 1.165) is 76.9 Å². The molecule has 1 aliphatic carbocycles. The lowest BCUT2D eigenvalue weighted by Crippen LogP contribution is -2.42. The molecule has 1 fully saturated rings. The van der Waals surface area contributed by atoms with E-state index in [9.17, 15) is 8.78 Å². The van der Waals surface area contributed by atoms with E-state index in [1.807, 2.05) is 19.1 Å². The number of nitriles is 1. The van der Waals surface area contributed by atoms with Crippen LogP contribution in [-0.4, -0.2) is 44.6 Å². The van der Waals surface area contributed by atoms with Crippen molar-refractivity contribution in [3.8, 4) is 23.1 Å². The summed E-state index contributed by atoms with van der Waals surface area (Å²) in [5, 5.41) is 9.04. The van der Waals surface area contributed by atoms with Crippen LogP contribution >= 0.6 is 0 Å². The molecule has 0 atom stereocenters. The van der Waals surface area contributed by atoms with Crippen LogP contribution in [0.5, 0.6) is 5.75 Å². The van der Waals surface area contributed by atoms with Gasteiger partial charge < -0.3 is 14.6 Å². The van der Waals surface area contributed by atoms with Crippen molar-refractivity contribution < 1.29 is 13.5 Å². The van der Waals surface area contributed by atoms with Crippen LogP contribution in [0.1, 0.15) is 53.8 Å². The lowest BCUT2D eigenvalue weighted by atomic mass is 9.79. The zero-order valence-electron chi connectivity index (χ0n) is 22.2. The molecule has 2 aliphatic rings. The Balaban J connectivity index is 1.20. The lowest BCUT2D eigenvalue weighted by molar-refractivity contribution is -0.0498. The van der Waals surface area contributed by atoms with Crippen molar-refractivity contribution in [2.24, 2.45) is 0 Å². The van der Waals surface area contributed by atoms with Crippen LogP contribution in [0.25, 0.3) is 22.9 Å². The second-order valence-corrected chi connectivity index (χ2v) is 10.5. The third-order valence-corrected chi connectivity index (χ3v) is 7.83. The molecule has 3 aromatic heterocycles. The zero-order valence-corrected chi connectivity index (χ0v) is 22.2. The molecule has 0 bridgehead atoms. The Morgan fingerprint density at radius 1 is 1.10 bits per heavy atom. The van der Waals surface area contributed by atoms with Crippen molar-refractivity contribution in [1.82, 2.24) is 24.9 Å². The maximum absolute atomic E-state index is 12.7. The van der Waals surface area contributed by atoms with Gasteiger partial charge in [-0.2, -0.15) is 14.0 Å². The molecule has 10 heteroatoms. The highest BCUT2D eigenvalue weighted by molar-refractivity contribution is 5.91. The van der Waals surface area contributed by atoms with E-state index in [1.165, 1.54) is 6.07 Å². The first kappa shape index (κ1) is 25.6. The quantitative estimate of drug-likeness (QED) is 0.335. The van der Waals surface area contributed by atoms with Crippen LogP contribution in [0.3, 0.4) is 0 Å². The molecule has 40 heavy (non-hydrogen) atoms. The fourth-order valence-corrected chi connectivity index (χ4v) is 5.50. The number of halogens is 2. The number of hydrogen-bond donors (Lipinski definition) is 1. The summed E-state index contributed by atoms with van der Waals surface area (Å²) in [6, 6.07) is 12.4. The molecule has 0 unspecified atom stereocenters. The summed E-state index contributed by atoms with van der Waals surface area (Å²) in [5.41, 5.74) is 6.68. The zero-order chi connectivity index (χ0) is 27.9. The van der Waals surface area contributed by atoms with E-state index in [0.29, 0.717) is 12.1 Å².